The van der Waals surface area contributed by atoms with Crippen LogP contribution in [-0.2, 0) is 0 Å². The Labute approximate surface area is 91.9 Å². The molecular weight excluding hydrogens is 245 g/mol. The van der Waals surface area contributed by atoms with Crippen LogP contribution in [0.15, 0.2) is 12.1 Å². The van der Waals surface area contributed by atoms with Gasteiger partial charge in [-0.25, -0.2) is 0 Å². The molecule has 9 heteroatoms. The van der Waals surface area contributed by atoms with E-state index in [-0.39, 0.29) is 5.69 Å². The number of hydrogen-bond donors (Lipinski definition) is 1. The lowest BCUT2D eigenvalue weighted by atomic mass is 10.2. The zero-order valence-corrected chi connectivity index (χ0v) is 8.02. The molecule has 92 valence electrons. The van der Waals surface area contributed by atoms with Crippen molar-refractivity contribution in [3.63, 3.8) is 0 Å². The molecule has 0 saturated heterocycles. The summed E-state index contributed by atoms with van der Waals surface area (Å²) < 4.78 is 46.5. The Bertz CT molecular complexity index is 494. The highest BCUT2D eigenvalue weighted by molar-refractivity contribution is 5.66. The van der Waals surface area contributed by atoms with Gasteiger partial charge in [0.15, 0.2) is 11.5 Å². The Morgan fingerprint density at radius 1 is 1.41 bits per heavy atom. The summed E-state index contributed by atoms with van der Waals surface area (Å²) in [7, 11) is 0. The second kappa shape index (κ2) is 3.40. The number of benzene rings is 1. The first-order valence-corrected chi connectivity index (χ1v) is 4.27. The molecule has 0 spiro atoms. The molecule has 0 bridgehead atoms. The van der Waals surface area contributed by atoms with Crippen LogP contribution < -0.4 is 15.2 Å². The van der Waals surface area contributed by atoms with Gasteiger partial charge in [-0.2, -0.15) is 13.2 Å². The molecular formula is C8H5F3N2O4. The van der Waals surface area contributed by atoms with Crippen LogP contribution >= 0.6 is 0 Å². The molecule has 1 aromatic rings. The highest BCUT2D eigenvalue weighted by Gasteiger charge is 2.50. The summed E-state index contributed by atoms with van der Waals surface area (Å²) >= 11 is 0. The summed E-state index contributed by atoms with van der Waals surface area (Å²) in [6.07, 6.45) is -7.19. The number of halogens is 3. The highest BCUT2D eigenvalue weighted by Crippen LogP contribution is 2.44. The van der Waals surface area contributed by atoms with Crippen LogP contribution in [-0.4, -0.2) is 17.4 Å². The van der Waals surface area contributed by atoms with E-state index in [0.717, 1.165) is 12.1 Å². The lowest BCUT2D eigenvalue weighted by molar-refractivity contribution is -0.384. The predicted molar refractivity (Wildman–Crippen MR) is 48.6 cm³/mol. The number of nitrogens with two attached hydrogens (primary N) is 1. The first-order chi connectivity index (χ1) is 7.81. The average Bonchev–Trinajstić information content (AvgIpc) is 2.19. The van der Waals surface area contributed by atoms with Gasteiger partial charge in [0, 0.05) is 6.07 Å². The third-order valence-electron chi connectivity index (χ3n) is 2.03. The minimum Gasteiger partial charge on any atom is -0.447 e. The Kier molecular flexibility index (Phi) is 2.26. The van der Waals surface area contributed by atoms with E-state index in [0.29, 0.717) is 0 Å². The van der Waals surface area contributed by atoms with Gasteiger partial charge in [0.2, 0.25) is 0 Å². The van der Waals surface area contributed by atoms with Crippen molar-refractivity contribution in [1.82, 2.24) is 0 Å². The third-order valence-corrected chi connectivity index (χ3v) is 2.03. The molecule has 1 atom stereocenters. The molecule has 0 aliphatic carbocycles. The molecule has 1 aliphatic heterocycles. The van der Waals surface area contributed by atoms with Crippen molar-refractivity contribution in [2.24, 2.45) is 0 Å². The zero-order valence-electron chi connectivity index (χ0n) is 8.02. The number of nitro groups is 1. The Hall–Kier alpha value is -2.19. The topological polar surface area (TPSA) is 87.6 Å². The number of alkyl halides is 3. The van der Waals surface area contributed by atoms with E-state index in [1.54, 1.807) is 0 Å². The Balaban J connectivity index is 2.49. The van der Waals surface area contributed by atoms with E-state index in [1.165, 1.54) is 0 Å². The van der Waals surface area contributed by atoms with Gasteiger partial charge in [-0.1, -0.05) is 0 Å². The zero-order chi connectivity index (χ0) is 12.8. The molecule has 2 N–H and O–H groups in total. The molecule has 0 saturated carbocycles. The van der Waals surface area contributed by atoms with Crippen molar-refractivity contribution >= 4 is 11.4 Å². The SMILES string of the molecule is Nc1cc2c(cc1[N+](=O)[O-])OC(F)C(F)(F)O2. The monoisotopic (exact) mass is 250 g/mol. The van der Waals surface area contributed by atoms with Crippen LogP contribution in [0.1, 0.15) is 0 Å². The van der Waals surface area contributed by atoms with Gasteiger partial charge >= 0.3 is 12.5 Å². The molecule has 6 nitrogen and oxygen atoms in total. The number of ether oxygens (including phenoxy) is 2. The molecule has 0 radical (unpaired) electrons. The van der Waals surface area contributed by atoms with Crippen LogP contribution in [0.5, 0.6) is 11.5 Å². The number of fused-ring (bicyclic) bond motifs is 1. The normalized spacial score (nSPS) is 21.0. The van der Waals surface area contributed by atoms with Gasteiger partial charge in [0.25, 0.3) is 5.69 Å². The van der Waals surface area contributed by atoms with Crippen LogP contribution in [0.25, 0.3) is 0 Å². The minimum absolute atomic E-state index is 0.384. The van der Waals surface area contributed by atoms with Crippen molar-refractivity contribution in [2.75, 3.05) is 5.73 Å². The number of rotatable bonds is 1. The summed E-state index contributed by atoms with van der Waals surface area (Å²) in [4.78, 5) is 9.66. The highest BCUT2D eigenvalue weighted by atomic mass is 19.3. The number of nitro benzene ring substituents is 1. The molecule has 0 fully saturated rings. The molecule has 0 amide bonds. The molecule has 1 heterocycles. The van der Waals surface area contributed by atoms with Crippen LogP contribution in [0, 0.1) is 10.1 Å². The van der Waals surface area contributed by atoms with E-state index in [1.807, 2.05) is 0 Å². The number of nitrogens with zero attached hydrogens (tertiary/aromatic N) is 1. The van der Waals surface area contributed by atoms with Gasteiger partial charge in [-0.3, -0.25) is 10.1 Å². The summed E-state index contributed by atoms with van der Waals surface area (Å²) in [5, 5.41) is 10.5. The molecule has 2 rings (SSSR count). The number of nitrogen functional groups attached to an aromatic ring is 1. The molecule has 1 unspecified atom stereocenters. The van der Waals surface area contributed by atoms with Crippen molar-refractivity contribution in [3.8, 4) is 11.5 Å². The molecule has 0 aromatic heterocycles. The van der Waals surface area contributed by atoms with Gasteiger partial charge in [-0.05, 0) is 0 Å². The van der Waals surface area contributed by atoms with Crippen molar-refractivity contribution in [1.29, 1.82) is 0 Å². The fraction of sp³-hybridized carbons (Fsp3) is 0.250. The van der Waals surface area contributed by atoms with Gasteiger partial charge in [0.05, 0.1) is 11.0 Å². The summed E-state index contributed by atoms with van der Waals surface area (Å²) in [5.74, 6) is -1.05. The van der Waals surface area contributed by atoms with E-state index >= 15 is 0 Å². The maximum Gasteiger partial charge on any atom is 0.468 e. The lowest BCUT2D eigenvalue weighted by Crippen LogP contribution is -2.43. The van der Waals surface area contributed by atoms with Gasteiger partial charge < -0.3 is 15.2 Å². The van der Waals surface area contributed by atoms with E-state index in [4.69, 9.17) is 5.73 Å². The lowest BCUT2D eigenvalue weighted by Gasteiger charge is -2.28. The predicted octanol–water partition coefficient (Wildman–Crippen LogP) is 1.84. The summed E-state index contributed by atoms with van der Waals surface area (Å²) in [6, 6.07) is 1.51. The molecule has 1 aliphatic rings. The standard InChI is InChI=1S/C8H5F3N2O4/c9-7-8(10,11)17-6-1-3(12)4(13(14)15)2-5(6)16-7/h1-2,7H,12H2. The van der Waals surface area contributed by atoms with Crippen molar-refractivity contribution in [2.45, 2.75) is 12.5 Å². The Morgan fingerprint density at radius 3 is 2.65 bits per heavy atom. The van der Waals surface area contributed by atoms with Gasteiger partial charge in [-0.15, -0.1) is 0 Å². The average molecular weight is 250 g/mol. The number of anilines is 1. The maximum atomic E-state index is 12.8. The van der Waals surface area contributed by atoms with Crippen LogP contribution in [0.3, 0.4) is 0 Å². The molecule has 1 aromatic carbocycles. The second-order valence-electron chi connectivity index (χ2n) is 3.21. The van der Waals surface area contributed by atoms with Crippen molar-refractivity contribution in [3.05, 3.63) is 22.2 Å². The van der Waals surface area contributed by atoms with Crippen LogP contribution in [0.4, 0.5) is 24.5 Å². The summed E-state index contributed by atoms with van der Waals surface area (Å²) in [5.41, 5.74) is 4.29. The first-order valence-electron chi connectivity index (χ1n) is 4.27. The summed E-state index contributed by atoms with van der Waals surface area (Å²) in [6.45, 7) is 0. The second-order valence-corrected chi connectivity index (χ2v) is 3.21. The van der Waals surface area contributed by atoms with Crippen LogP contribution in [0.2, 0.25) is 0 Å². The van der Waals surface area contributed by atoms with E-state index < -0.39 is 34.6 Å². The number of hydrogen-bond acceptors (Lipinski definition) is 5. The minimum atomic E-state index is -4.16. The van der Waals surface area contributed by atoms with Gasteiger partial charge in [0.1, 0.15) is 5.69 Å². The maximum absolute atomic E-state index is 12.8. The molecule has 17 heavy (non-hydrogen) atoms. The fourth-order valence-electron chi connectivity index (χ4n) is 1.27. The third kappa shape index (κ3) is 1.79. The smallest absolute Gasteiger partial charge is 0.447 e. The van der Waals surface area contributed by atoms with E-state index in [2.05, 4.69) is 9.47 Å². The first kappa shape index (κ1) is 11.3. The quantitative estimate of drug-likeness (QED) is 0.466. The fourth-order valence-corrected chi connectivity index (χ4v) is 1.27. The van der Waals surface area contributed by atoms with E-state index in [9.17, 15) is 23.3 Å². The Morgan fingerprint density at radius 2 is 2.06 bits per heavy atom. The largest absolute Gasteiger partial charge is 0.468 e. The van der Waals surface area contributed by atoms with Crippen molar-refractivity contribution < 1.29 is 27.6 Å².